The molecule has 1 aliphatic rings. The van der Waals surface area contributed by atoms with Gasteiger partial charge in [-0.05, 0) is 31.5 Å². The number of hydrogen-bond acceptors (Lipinski definition) is 3. The van der Waals surface area contributed by atoms with Crippen LogP contribution in [0.4, 0.5) is 4.39 Å². The van der Waals surface area contributed by atoms with Crippen molar-refractivity contribution in [2.75, 3.05) is 13.2 Å². The van der Waals surface area contributed by atoms with Gasteiger partial charge in [0.05, 0.1) is 12.4 Å². The van der Waals surface area contributed by atoms with Crippen LogP contribution >= 0.6 is 0 Å². The first-order chi connectivity index (χ1) is 9.83. The normalized spacial score (nSPS) is 18.9. The number of rotatable bonds is 4. The van der Waals surface area contributed by atoms with Crippen LogP contribution in [0.25, 0.3) is 5.69 Å². The van der Waals surface area contributed by atoms with Gasteiger partial charge in [0, 0.05) is 6.04 Å². The molecule has 1 aromatic carbocycles. The minimum atomic E-state index is -0.295. The summed E-state index contributed by atoms with van der Waals surface area (Å²) in [6.45, 7) is 1.69. The van der Waals surface area contributed by atoms with Crippen LogP contribution in [0, 0.1) is 5.82 Å². The van der Waals surface area contributed by atoms with Gasteiger partial charge in [-0.25, -0.2) is 9.07 Å². The van der Waals surface area contributed by atoms with Crippen LogP contribution in [0.15, 0.2) is 36.7 Å². The molecular weight excluding hydrogens is 257 g/mol. The quantitative estimate of drug-likeness (QED) is 0.932. The number of aromatic nitrogens is 2. The standard InChI is InChI=1S/C15H18FN3O/c16-14-6-1-2-7-15(14)19-10-13(9-18-19)20-11-12-5-3-4-8-17-12/h1-2,6-7,9-10,12,17H,3-5,8,11H2. The molecule has 3 rings (SSSR count). The zero-order valence-corrected chi connectivity index (χ0v) is 11.3. The molecule has 0 bridgehead atoms. The van der Waals surface area contributed by atoms with E-state index in [-0.39, 0.29) is 5.82 Å². The predicted molar refractivity (Wildman–Crippen MR) is 74.7 cm³/mol. The minimum Gasteiger partial charge on any atom is -0.489 e. The summed E-state index contributed by atoms with van der Waals surface area (Å²) in [4.78, 5) is 0. The van der Waals surface area contributed by atoms with Crippen LogP contribution in [0.3, 0.4) is 0 Å². The number of piperidine rings is 1. The third kappa shape index (κ3) is 2.99. The highest BCUT2D eigenvalue weighted by atomic mass is 19.1. The second-order valence-electron chi connectivity index (χ2n) is 5.03. The van der Waals surface area contributed by atoms with E-state index in [1.54, 1.807) is 30.6 Å². The Labute approximate surface area is 117 Å². The lowest BCUT2D eigenvalue weighted by Gasteiger charge is -2.22. The fraction of sp³-hybridized carbons (Fsp3) is 0.400. The molecule has 5 heteroatoms. The molecule has 1 saturated heterocycles. The molecule has 4 nitrogen and oxygen atoms in total. The lowest BCUT2D eigenvalue weighted by Crippen LogP contribution is -2.38. The van der Waals surface area contributed by atoms with Crippen molar-refractivity contribution < 1.29 is 9.13 Å². The lowest BCUT2D eigenvalue weighted by molar-refractivity contribution is 0.239. The van der Waals surface area contributed by atoms with Crippen molar-refractivity contribution in [3.8, 4) is 11.4 Å². The monoisotopic (exact) mass is 275 g/mol. The summed E-state index contributed by atoms with van der Waals surface area (Å²) in [5.74, 6) is 0.372. The van der Waals surface area contributed by atoms with Gasteiger partial charge < -0.3 is 10.1 Å². The number of hydrogen-bond donors (Lipinski definition) is 1. The molecule has 1 aromatic heterocycles. The third-order valence-electron chi connectivity index (χ3n) is 3.52. The topological polar surface area (TPSA) is 39.1 Å². The molecule has 1 N–H and O–H groups in total. The first-order valence-electron chi connectivity index (χ1n) is 6.99. The van der Waals surface area contributed by atoms with E-state index >= 15 is 0 Å². The average Bonchev–Trinajstić information content (AvgIpc) is 2.95. The molecular formula is C15H18FN3O. The number of para-hydroxylation sites is 1. The van der Waals surface area contributed by atoms with Crippen molar-refractivity contribution in [1.82, 2.24) is 15.1 Å². The maximum absolute atomic E-state index is 13.6. The zero-order valence-electron chi connectivity index (χ0n) is 11.3. The molecule has 1 atom stereocenters. The first-order valence-corrected chi connectivity index (χ1v) is 6.99. The molecule has 0 radical (unpaired) electrons. The summed E-state index contributed by atoms with van der Waals surface area (Å²) < 4.78 is 20.9. The highest BCUT2D eigenvalue weighted by Crippen LogP contribution is 2.17. The number of ether oxygens (including phenoxy) is 1. The van der Waals surface area contributed by atoms with Gasteiger partial charge in [-0.3, -0.25) is 0 Å². The number of halogens is 1. The van der Waals surface area contributed by atoms with Gasteiger partial charge in [-0.1, -0.05) is 18.6 Å². The Morgan fingerprint density at radius 1 is 1.35 bits per heavy atom. The fourth-order valence-electron chi connectivity index (χ4n) is 2.41. The molecule has 1 aliphatic heterocycles. The van der Waals surface area contributed by atoms with Crippen molar-refractivity contribution in [2.24, 2.45) is 0 Å². The van der Waals surface area contributed by atoms with Gasteiger partial charge in [0.15, 0.2) is 5.75 Å². The Morgan fingerprint density at radius 2 is 2.25 bits per heavy atom. The highest BCUT2D eigenvalue weighted by molar-refractivity contribution is 5.33. The smallest absolute Gasteiger partial charge is 0.157 e. The lowest BCUT2D eigenvalue weighted by atomic mass is 10.1. The van der Waals surface area contributed by atoms with E-state index in [0.29, 0.717) is 24.1 Å². The number of benzene rings is 1. The molecule has 2 heterocycles. The molecule has 1 fully saturated rings. The van der Waals surface area contributed by atoms with Crippen molar-refractivity contribution >= 4 is 0 Å². The largest absolute Gasteiger partial charge is 0.489 e. The van der Waals surface area contributed by atoms with E-state index in [1.165, 1.54) is 23.6 Å². The molecule has 0 saturated carbocycles. The maximum Gasteiger partial charge on any atom is 0.157 e. The molecule has 2 aromatic rings. The molecule has 0 spiro atoms. The van der Waals surface area contributed by atoms with Gasteiger partial charge in [0.1, 0.15) is 18.1 Å². The van der Waals surface area contributed by atoms with Crippen LogP contribution in [0.5, 0.6) is 5.75 Å². The summed E-state index contributed by atoms with van der Waals surface area (Å²) >= 11 is 0. The van der Waals surface area contributed by atoms with Gasteiger partial charge in [-0.2, -0.15) is 5.10 Å². The predicted octanol–water partition coefficient (Wildman–Crippen LogP) is 2.53. The molecule has 106 valence electrons. The van der Waals surface area contributed by atoms with Crippen LogP contribution < -0.4 is 10.1 Å². The van der Waals surface area contributed by atoms with Crippen molar-refractivity contribution in [1.29, 1.82) is 0 Å². The zero-order chi connectivity index (χ0) is 13.8. The molecule has 1 unspecified atom stereocenters. The van der Waals surface area contributed by atoms with Crippen LogP contribution in [0.1, 0.15) is 19.3 Å². The van der Waals surface area contributed by atoms with Crippen molar-refractivity contribution in [2.45, 2.75) is 25.3 Å². The highest BCUT2D eigenvalue weighted by Gasteiger charge is 2.13. The van der Waals surface area contributed by atoms with E-state index in [0.717, 1.165) is 13.0 Å². The summed E-state index contributed by atoms with van der Waals surface area (Å²) in [6.07, 6.45) is 6.95. The van der Waals surface area contributed by atoms with Crippen LogP contribution in [0.2, 0.25) is 0 Å². The molecule has 0 aliphatic carbocycles. The van der Waals surface area contributed by atoms with E-state index in [2.05, 4.69) is 10.4 Å². The Balaban J connectivity index is 1.63. The van der Waals surface area contributed by atoms with E-state index in [1.807, 2.05) is 0 Å². The molecule has 0 amide bonds. The second kappa shape index (κ2) is 6.05. The van der Waals surface area contributed by atoms with Crippen molar-refractivity contribution in [3.05, 3.63) is 42.5 Å². The molecule has 20 heavy (non-hydrogen) atoms. The SMILES string of the molecule is Fc1ccccc1-n1cc(OCC2CCCCN2)cn1. The Kier molecular flexibility index (Phi) is 3.97. The number of nitrogens with zero attached hydrogens (tertiary/aromatic N) is 2. The third-order valence-corrected chi connectivity index (χ3v) is 3.52. The van der Waals surface area contributed by atoms with Gasteiger partial charge in [0.25, 0.3) is 0 Å². The fourth-order valence-corrected chi connectivity index (χ4v) is 2.41. The van der Waals surface area contributed by atoms with Gasteiger partial charge >= 0.3 is 0 Å². The van der Waals surface area contributed by atoms with Gasteiger partial charge in [-0.15, -0.1) is 0 Å². The van der Waals surface area contributed by atoms with Crippen LogP contribution in [-0.2, 0) is 0 Å². The summed E-state index contributed by atoms with van der Waals surface area (Å²) in [6, 6.07) is 6.96. The Morgan fingerprint density at radius 3 is 3.05 bits per heavy atom. The van der Waals surface area contributed by atoms with E-state index in [9.17, 15) is 4.39 Å². The number of nitrogens with one attached hydrogen (secondary N) is 1. The van der Waals surface area contributed by atoms with Crippen LogP contribution in [-0.4, -0.2) is 29.0 Å². The van der Waals surface area contributed by atoms with Crippen molar-refractivity contribution in [3.63, 3.8) is 0 Å². The maximum atomic E-state index is 13.6. The Bertz CT molecular complexity index is 564. The van der Waals surface area contributed by atoms with E-state index < -0.39 is 0 Å². The summed E-state index contributed by atoms with van der Waals surface area (Å²) in [7, 11) is 0. The second-order valence-corrected chi connectivity index (χ2v) is 5.03. The van der Waals surface area contributed by atoms with E-state index in [4.69, 9.17) is 4.74 Å². The first kappa shape index (κ1) is 13.1. The van der Waals surface area contributed by atoms with Gasteiger partial charge in [0.2, 0.25) is 0 Å². The minimum absolute atomic E-state index is 0.295. The Hall–Kier alpha value is -1.88. The average molecular weight is 275 g/mol. The summed E-state index contributed by atoms with van der Waals surface area (Å²) in [5, 5.41) is 7.57. The summed E-state index contributed by atoms with van der Waals surface area (Å²) in [5.41, 5.74) is 0.429.